The van der Waals surface area contributed by atoms with E-state index in [0.29, 0.717) is 12.0 Å². The fourth-order valence-electron chi connectivity index (χ4n) is 5.32. The molecule has 2 aliphatic heterocycles. The van der Waals surface area contributed by atoms with Gasteiger partial charge in [-0.25, -0.2) is 9.97 Å². The number of nitrogens with one attached hydrogen (secondary N) is 1. The summed E-state index contributed by atoms with van der Waals surface area (Å²) in [6, 6.07) is 4.57. The van der Waals surface area contributed by atoms with Crippen molar-refractivity contribution >= 4 is 34.2 Å². The molecule has 0 amide bonds. The largest absolute Gasteiger partial charge is 0.488 e. The molecule has 1 saturated carbocycles. The zero-order valence-corrected chi connectivity index (χ0v) is 21.1. The molecule has 6 rings (SSSR count). The first kappa shape index (κ1) is 23.0. The zero-order chi connectivity index (χ0) is 24.5. The van der Waals surface area contributed by atoms with Gasteiger partial charge in [0.05, 0.1) is 36.7 Å². The Bertz CT molecular complexity index is 1210. The van der Waals surface area contributed by atoms with Gasteiger partial charge in [-0.2, -0.15) is 4.98 Å². The number of fused-ring (bicyclic) bond motifs is 2. The van der Waals surface area contributed by atoms with Gasteiger partial charge >= 0.3 is 0 Å². The lowest BCUT2D eigenvalue weighted by atomic mass is 9.93. The summed E-state index contributed by atoms with van der Waals surface area (Å²) in [5, 5.41) is 3.57. The molecule has 1 aliphatic carbocycles. The normalized spacial score (nSPS) is 22.4. The van der Waals surface area contributed by atoms with E-state index in [1.165, 1.54) is 0 Å². The molecule has 2 fully saturated rings. The van der Waals surface area contributed by atoms with Crippen LogP contribution in [0.4, 0.5) is 23.1 Å². The fraction of sp³-hybridized carbons (Fsp3) is 0.538. The lowest BCUT2D eigenvalue weighted by molar-refractivity contribution is 0.122. The molecular weight excluding hydrogens is 456 g/mol. The number of rotatable bonds is 5. The summed E-state index contributed by atoms with van der Waals surface area (Å²) < 4.78 is 12.1. The van der Waals surface area contributed by atoms with Crippen LogP contribution in [0.3, 0.4) is 0 Å². The number of benzene rings is 1. The minimum Gasteiger partial charge on any atom is -0.488 e. The lowest BCUT2D eigenvalue weighted by Gasteiger charge is -2.34. The van der Waals surface area contributed by atoms with Crippen LogP contribution in [-0.4, -0.2) is 85.6 Å². The van der Waals surface area contributed by atoms with Gasteiger partial charge in [-0.3, -0.25) is 4.98 Å². The molecule has 4 heterocycles. The first-order valence-corrected chi connectivity index (χ1v) is 12.9. The molecule has 0 spiro atoms. The summed E-state index contributed by atoms with van der Waals surface area (Å²) in [7, 11) is 4.18. The van der Waals surface area contributed by atoms with Crippen LogP contribution in [0.15, 0.2) is 30.7 Å². The smallest absolute Gasteiger partial charge is 0.224 e. The molecule has 1 saturated heterocycles. The molecule has 190 valence electrons. The van der Waals surface area contributed by atoms with E-state index in [4.69, 9.17) is 14.5 Å². The highest BCUT2D eigenvalue weighted by Crippen LogP contribution is 2.34. The van der Waals surface area contributed by atoms with Crippen LogP contribution < -0.4 is 24.8 Å². The number of hydrogen-bond acceptors (Lipinski definition) is 10. The summed E-state index contributed by atoms with van der Waals surface area (Å²) in [5.41, 5.74) is 3.90. The van der Waals surface area contributed by atoms with Gasteiger partial charge in [0.25, 0.3) is 0 Å². The van der Waals surface area contributed by atoms with Crippen LogP contribution in [0, 0.1) is 0 Å². The third kappa shape index (κ3) is 4.69. The van der Waals surface area contributed by atoms with E-state index < -0.39 is 0 Å². The number of morpholine rings is 1. The van der Waals surface area contributed by atoms with Crippen LogP contribution in [0.1, 0.15) is 25.7 Å². The van der Waals surface area contributed by atoms with Gasteiger partial charge in [0.15, 0.2) is 5.82 Å². The highest BCUT2D eigenvalue weighted by Gasteiger charge is 2.26. The predicted octanol–water partition coefficient (Wildman–Crippen LogP) is 2.94. The van der Waals surface area contributed by atoms with Crippen LogP contribution >= 0.6 is 0 Å². The quantitative estimate of drug-likeness (QED) is 0.575. The van der Waals surface area contributed by atoms with E-state index in [2.05, 4.69) is 61.2 Å². The van der Waals surface area contributed by atoms with Gasteiger partial charge in [-0.15, -0.1) is 0 Å². The maximum atomic E-state index is 6.57. The van der Waals surface area contributed by atoms with Gasteiger partial charge in [-0.05, 0) is 31.7 Å². The predicted molar refractivity (Wildman–Crippen MR) is 141 cm³/mol. The maximum Gasteiger partial charge on any atom is 0.224 e. The van der Waals surface area contributed by atoms with Crippen LogP contribution in [0.25, 0.3) is 11.0 Å². The highest BCUT2D eigenvalue weighted by atomic mass is 16.5. The van der Waals surface area contributed by atoms with Crippen molar-refractivity contribution in [2.24, 2.45) is 0 Å². The van der Waals surface area contributed by atoms with E-state index in [1.807, 2.05) is 6.20 Å². The second-order valence-corrected chi connectivity index (χ2v) is 9.95. The Morgan fingerprint density at radius 1 is 0.917 bits per heavy atom. The topological polar surface area (TPSA) is 91.8 Å². The number of hydrogen-bond donors (Lipinski definition) is 1. The Morgan fingerprint density at radius 3 is 2.53 bits per heavy atom. The van der Waals surface area contributed by atoms with E-state index >= 15 is 0 Å². The van der Waals surface area contributed by atoms with Gasteiger partial charge in [0, 0.05) is 70.5 Å². The molecule has 0 unspecified atom stereocenters. The number of aromatic nitrogens is 4. The van der Waals surface area contributed by atoms with Crippen molar-refractivity contribution in [2.75, 3.05) is 73.5 Å². The molecule has 3 aromatic rings. The monoisotopic (exact) mass is 490 g/mol. The van der Waals surface area contributed by atoms with Gasteiger partial charge in [-0.1, -0.05) is 0 Å². The summed E-state index contributed by atoms with van der Waals surface area (Å²) >= 11 is 0. The minimum atomic E-state index is 0.150. The highest BCUT2D eigenvalue weighted by molar-refractivity contribution is 5.85. The Balaban J connectivity index is 1.12. The van der Waals surface area contributed by atoms with Crippen molar-refractivity contribution in [1.29, 1.82) is 0 Å². The molecule has 10 nitrogen and oxygen atoms in total. The fourth-order valence-corrected chi connectivity index (χ4v) is 5.32. The van der Waals surface area contributed by atoms with Gasteiger partial charge < -0.3 is 29.5 Å². The molecule has 1 N–H and O–H groups in total. The molecule has 0 bridgehead atoms. The summed E-state index contributed by atoms with van der Waals surface area (Å²) in [5.74, 6) is 2.52. The molecule has 10 heteroatoms. The second-order valence-electron chi connectivity index (χ2n) is 9.95. The number of likely N-dealkylation sites (N-methyl/N-ethyl adjacent to an activating group) is 2. The van der Waals surface area contributed by atoms with E-state index in [9.17, 15) is 0 Å². The maximum absolute atomic E-state index is 6.57. The molecule has 0 radical (unpaired) electrons. The van der Waals surface area contributed by atoms with Gasteiger partial charge in [0.2, 0.25) is 5.95 Å². The second kappa shape index (κ2) is 9.93. The SMILES string of the molecule is CN1CCN(C)c2nc(NC3CCC(Oc4cc(N5CCOCC5)cc5nccnc45)CC3)ncc21. The van der Waals surface area contributed by atoms with Crippen molar-refractivity contribution in [3.8, 4) is 5.75 Å². The Labute approximate surface area is 211 Å². The van der Waals surface area contributed by atoms with Crippen molar-refractivity contribution < 1.29 is 9.47 Å². The first-order valence-electron chi connectivity index (χ1n) is 12.9. The third-order valence-corrected chi connectivity index (χ3v) is 7.49. The Kier molecular flexibility index (Phi) is 6.35. The molecule has 2 aromatic heterocycles. The van der Waals surface area contributed by atoms with E-state index in [-0.39, 0.29) is 6.10 Å². The number of nitrogens with zero attached hydrogens (tertiary/aromatic N) is 7. The average Bonchev–Trinajstić information content (AvgIpc) is 2.92. The minimum absolute atomic E-state index is 0.150. The van der Waals surface area contributed by atoms with Crippen molar-refractivity contribution in [2.45, 2.75) is 37.8 Å². The lowest BCUT2D eigenvalue weighted by Crippen LogP contribution is -2.38. The summed E-state index contributed by atoms with van der Waals surface area (Å²) in [6.45, 7) is 5.19. The molecule has 36 heavy (non-hydrogen) atoms. The first-order chi connectivity index (χ1) is 17.6. The van der Waals surface area contributed by atoms with Crippen LogP contribution in [0.2, 0.25) is 0 Å². The van der Waals surface area contributed by atoms with Crippen molar-refractivity contribution in [3.05, 3.63) is 30.7 Å². The number of anilines is 4. The number of ether oxygens (including phenoxy) is 2. The molecule has 1 aromatic carbocycles. The van der Waals surface area contributed by atoms with Crippen LogP contribution in [-0.2, 0) is 4.74 Å². The molecule has 0 atom stereocenters. The Morgan fingerprint density at radius 2 is 1.69 bits per heavy atom. The summed E-state index contributed by atoms with van der Waals surface area (Å²) in [4.78, 5) is 25.3. The molecule has 3 aliphatic rings. The zero-order valence-electron chi connectivity index (χ0n) is 21.1. The van der Waals surface area contributed by atoms with Gasteiger partial charge in [0.1, 0.15) is 11.3 Å². The van der Waals surface area contributed by atoms with Crippen molar-refractivity contribution in [3.63, 3.8) is 0 Å². The third-order valence-electron chi connectivity index (χ3n) is 7.49. The average molecular weight is 491 g/mol. The van der Waals surface area contributed by atoms with E-state index in [0.717, 1.165) is 99.1 Å². The van der Waals surface area contributed by atoms with Crippen LogP contribution in [0.5, 0.6) is 5.75 Å². The summed E-state index contributed by atoms with van der Waals surface area (Å²) in [6.07, 6.45) is 9.51. The standard InChI is InChI=1S/C26H34N8O2/c1-32-9-10-33(2)25-22(32)17-29-26(31-25)30-18-3-5-20(6-4-18)36-23-16-19(34-11-13-35-14-12-34)15-21-24(23)28-8-7-27-21/h7-8,15-18,20H,3-6,9-14H2,1-2H3,(H,29,30,31). The molecular formula is C26H34N8O2. The Hall–Kier alpha value is -3.40. The van der Waals surface area contributed by atoms with Crippen molar-refractivity contribution in [1.82, 2.24) is 19.9 Å². The van der Waals surface area contributed by atoms with E-state index in [1.54, 1.807) is 12.4 Å².